The first-order valence-corrected chi connectivity index (χ1v) is 14.0. The van der Waals surface area contributed by atoms with Gasteiger partial charge < -0.3 is 19.7 Å². The Balaban J connectivity index is 1.42. The number of para-hydroxylation sites is 1. The molecule has 0 bridgehead atoms. The molecule has 1 amide bonds. The number of ether oxygens (including phenoxy) is 2. The van der Waals surface area contributed by atoms with Crippen LogP contribution >= 0.6 is 0 Å². The number of rotatable bonds is 4. The molecule has 4 heterocycles. The summed E-state index contributed by atoms with van der Waals surface area (Å²) in [6, 6.07) is 26.1. The number of anilines is 2. The number of carbonyl (C=O) groups is 3. The summed E-state index contributed by atoms with van der Waals surface area (Å²) >= 11 is 0. The van der Waals surface area contributed by atoms with E-state index in [1.807, 2.05) is 84.6 Å². The number of hydrogen-bond acceptors (Lipinski definition) is 6. The van der Waals surface area contributed by atoms with Gasteiger partial charge in [0.15, 0.2) is 23.1 Å². The molecule has 1 saturated heterocycles. The molecule has 42 heavy (non-hydrogen) atoms. The SMILES string of the molecule is Cc1ccc2c(c1)N1[C@@H](C(=O)c3ccccc3)[C@@H](C(=O)c3ccc4c(c3)OCO4)[C@@]3(C(=O)Nc4ccccc43)[C@H]1C=C2. The summed E-state index contributed by atoms with van der Waals surface area (Å²) < 4.78 is 11.1. The van der Waals surface area contributed by atoms with E-state index in [2.05, 4.69) is 5.32 Å². The summed E-state index contributed by atoms with van der Waals surface area (Å²) in [4.78, 5) is 46.1. The zero-order valence-corrected chi connectivity index (χ0v) is 22.7. The first-order chi connectivity index (χ1) is 20.5. The van der Waals surface area contributed by atoms with Gasteiger partial charge in [0.2, 0.25) is 12.7 Å². The van der Waals surface area contributed by atoms with Crippen molar-refractivity contribution in [3.8, 4) is 11.5 Å². The van der Waals surface area contributed by atoms with Crippen molar-refractivity contribution in [1.29, 1.82) is 0 Å². The van der Waals surface area contributed by atoms with Crippen LogP contribution in [0.1, 0.15) is 37.4 Å². The molecule has 0 radical (unpaired) electrons. The smallest absolute Gasteiger partial charge is 0.238 e. The molecule has 1 fully saturated rings. The van der Waals surface area contributed by atoms with Crippen molar-refractivity contribution in [3.63, 3.8) is 0 Å². The first kappa shape index (κ1) is 24.6. The Morgan fingerprint density at radius 3 is 2.50 bits per heavy atom. The number of benzene rings is 4. The number of ketones is 2. The predicted octanol–water partition coefficient (Wildman–Crippen LogP) is 5.58. The van der Waals surface area contributed by atoms with Gasteiger partial charge in [0.05, 0.1) is 12.0 Å². The molecule has 0 aliphatic carbocycles. The van der Waals surface area contributed by atoms with Gasteiger partial charge in [-0.3, -0.25) is 14.4 Å². The fourth-order valence-electron chi connectivity index (χ4n) is 7.28. The fraction of sp³-hybridized carbons (Fsp3) is 0.171. The number of carbonyl (C=O) groups excluding carboxylic acids is 3. The summed E-state index contributed by atoms with van der Waals surface area (Å²) in [6.07, 6.45) is 3.99. The van der Waals surface area contributed by atoms with Crippen LogP contribution in [0.15, 0.2) is 97.1 Å². The molecule has 4 aliphatic heterocycles. The number of nitrogens with zero attached hydrogens (tertiary/aromatic N) is 1. The van der Waals surface area contributed by atoms with Gasteiger partial charge in [0.25, 0.3) is 0 Å². The van der Waals surface area contributed by atoms with E-state index in [4.69, 9.17) is 9.47 Å². The van der Waals surface area contributed by atoms with Crippen molar-refractivity contribution in [2.75, 3.05) is 17.0 Å². The standard InChI is InChI=1S/C35H26N2O5/c1-20-11-12-21-14-16-29-35(24-9-5-6-10-25(24)36-34(35)40)30(32(38)23-13-15-27-28(18-23)42-19-41-27)31(37(29)26(21)17-20)33(39)22-7-3-2-4-8-22/h2-18,29-31H,19H2,1H3,(H,36,40)/t29-,30+,31-,35+/m1/s1. The van der Waals surface area contributed by atoms with Crippen LogP contribution < -0.4 is 19.7 Å². The molecule has 7 nitrogen and oxygen atoms in total. The van der Waals surface area contributed by atoms with E-state index in [9.17, 15) is 14.4 Å². The normalized spacial score (nSPS) is 24.3. The molecular weight excluding hydrogens is 528 g/mol. The van der Waals surface area contributed by atoms with Gasteiger partial charge in [0, 0.05) is 22.5 Å². The number of aryl methyl sites for hydroxylation is 1. The third-order valence-corrected chi connectivity index (χ3v) is 9.06. The average Bonchev–Trinajstić information content (AvgIpc) is 3.70. The number of amides is 1. The predicted molar refractivity (Wildman–Crippen MR) is 158 cm³/mol. The van der Waals surface area contributed by atoms with Crippen molar-refractivity contribution in [3.05, 3.63) is 125 Å². The number of Topliss-reactive ketones (excluding diaryl/α,β-unsaturated/α-hetero) is 2. The highest BCUT2D eigenvalue weighted by Gasteiger charge is 2.70. The minimum Gasteiger partial charge on any atom is -0.454 e. The molecule has 0 unspecified atom stereocenters. The summed E-state index contributed by atoms with van der Waals surface area (Å²) in [5.41, 5.74) is 3.63. The summed E-state index contributed by atoms with van der Waals surface area (Å²) in [5.74, 6) is -0.827. The highest BCUT2D eigenvalue weighted by molar-refractivity contribution is 6.18. The number of fused-ring (bicyclic) bond motifs is 7. The lowest BCUT2D eigenvalue weighted by molar-refractivity contribution is -0.121. The Kier molecular flexibility index (Phi) is 5.22. The van der Waals surface area contributed by atoms with Crippen LogP contribution in [0, 0.1) is 12.8 Å². The molecule has 4 aliphatic rings. The maximum absolute atomic E-state index is 15.0. The average molecular weight is 555 g/mol. The first-order valence-electron chi connectivity index (χ1n) is 14.0. The van der Waals surface area contributed by atoms with Crippen molar-refractivity contribution in [2.24, 2.45) is 5.92 Å². The molecule has 1 N–H and O–H groups in total. The van der Waals surface area contributed by atoms with E-state index in [1.165, 1.54) is 0 Å². The monoisotopic (exact) mass is 554 g/mol. The molecule has 4 aromatic carbocycles. The lowest BCUT2D eigenvalue weighted by Crippen LogP contribution is -2.51. The van der Waals surface area contributed by atoms with Gasteiger partial charge in [-0.05, 0) is 53.9 Å². The highest BCUT2D eigenvalue weighted by atomic mass is 16.7. The van der Waals surface area contributed by atoms with Gasteiger partial charge in [-0.1, -0.05) is 72.8 Å². The van der Waals surface area contributed by atoms with Gasteiger partial charge in [0.1, 0.15) is 11.5 Å². The lowest BCUT2D eigenvalue weighted by Gasteiger charge is -2.37. The minimum atomic E-state index is -1.36. The molecule has 4 aromatic rings. The molecule has 0 aromatic heterocycles. The van der Waals surface area contributed by atoms with E-state index in [-0.39, 0.29) is 24.3 Å². The Hall–Kier alpha value is -5.17. The van der Waals surface area contributed by atoms with Gasteiger partial charge >= 0.3 is 0 Å². The van der Waals surface area contributed by atoms with Crippen molar-refractivity contribution in [2.45, 2.75) is 24.4 Å². The van der Waals surface area contributed by atoms with Crippen LogP contribution in [0.3, 0.4) is 0 Å². The van der Waals surface area contributed by atoms with E-state index in [0.717, 1.165) is 16.8 Å². The van der Waals surface area contributed by atoms with Crippen molar-refractivity contribution in [1.82, 2.24) is 0 Å². The van der Waals surface area contributed by atoms with Gasteiger partial charge in [-0.15, -0.1) is 0 Å². The Labute approximate surface area is 242 Å². The highest BCUT2D eigenvalue weighted by Crippen LogP contribution is 2.58. The van der Waals surface area contributed by atoms with Crippen molar-refractivity contribution < 1.29 is 23.9 Å². The Morgan fingerprint density at radius 1 is 0.857 bits per heavy atom. The summed E-state index contributed by atoms with van der Waals surface area (Å²) in [5, 5.41) is 3.07. The molecule has 0 saturated carbocycles. The second kappa shape index (κ2) is 8.91. The molecule has 206 valence electrons. The molecule has 8 rings (SSSR count). The third kappa shape index (κ3) is 3.25. The topological polar surface area (TPSA) is 84.9 Å². The van der Waals surface area contributed by atoms with Crippen LogP contribution in [0.4, 0.5) is 11.4 Å². The Morgan fingerprint density at radius 2 is 1.64 bits per heavy atom. The van der Waals surface area contributed by atoms with E-state index < -0.39 is 23.4 Å². The third-order valence-electron chi connectivity index (χ3n) is 9.06. The van der Waals surface area contributed by atoms with Crippen LogP contribution in [0.25, 0.3) is 6.08 Å². The van der Waals surface area contributed by atoms with Gasteiger partial charge in [-0.2, -0.15) is 0 Å². The van der Waals surface area contributed by atoms with Crippen LogP contribution in [0.5, 0.6) is 11.5 Å². The summed E-state index contributed by atoms with van der Waals surface area (Å²) in [6.45, 7) is 2.07. The Bertz CT molecular complexity index is 1850. The maximum atomic E-state index is 15.0. The molecule has 1 spiro atoms. The largest absolute Gasteiger partial charge is 0.454 e. The van der Waals surface area contributed by atoms with Crippen molar-refractivity contribution >= 4 is 34.9 Å². The minimum absolute atomic E-state index is 0.0715. The quantitative estimate of drug-likeness (QED) is 0.332. The second-order valence-electron chi connectivity index (χ2n) is 11.2. The zero-order chi connectivity index (χ0) is 28.6. The number of nitrogens with one attached hydrogen (secondary N) is 1. The molecule has 4 atom stereocenters. The van der Waals surface area contributed by atoms with Crippen LogP contribution in [-0.2, 0) is 10.2 Å². The van der Waals surface area contributed by atoms with Gasteiger partial charge in [-0.25, -0.2) is 0 Å². The van der Waals surface area contributed by atoms with E-state index in [0.29, 0.717) is 33.9 Å². The van der Waals surface area contributed by atoms with Crippen LogP contribution in [-0.4, -0.2) is 36.4 Å². The fourth-order valence-corrected chi connectivity index (χ4v) is 7.28. The van der Waals surface area contributed by atoms with E-state index >= 15 is 0 Å². The van der Waals surface area contributed by atoms with Crippen LogP contribution in [0.2, 0.25) is 0 Å². The second-order valence-corrected chi connectivity index (χ2v) is 11.2. The van der Waals surface area contributed by atoms with E-state index in [1.54, 1.807) is 30.3 Å². The lowest BCUT2D eigenvalue weighted by atomic mass is 9.64. The number of hydrogen-bond donors (Lipinski definition) is 1. The molecule has 7 heteroatoms. The zero-order valence-electron chi connectivity index (χ0n) is 22.7. The summed E-state index contributed by atoms with van der Waals surface area (Å²) in [7, 11) is 0. The molecular formula is C35H26N2O5. The maximum Gasteiger partial charge on any atom is 0.238 e.